The predicted molar refractivity (Wildman–Crippen MR) is 69.3 cm³/mol. The van der Waals surface area contributed by atoms with Crippen LogP contribution in [0.1, 0.15) is 26.5 Å². The van der Waals surface area contributed by atoms with E-state index < -0.39 is 11.7 Å². The molecule has 0 fully saturated rings. The Labute approximate surface area is 107 Å². The van der Waals surface area contributed by atoms with Gasteiger partial charge in [-0.15, -0.1) is 0 Å². The highest BCUT2D eigenvalue weighted by atomic mass is 16.6. The van der Waals surface area contributed by atoms with E-state index in [4.69, 9.17) is 4.74 Å². The molecule has 0 aromatic carbocycles. The normalized spacial score (nSPS) is 11.4. The number of carbonyl (C=O) groups is 1. The van der Waals surface area contributed by atoms with Crippen LogP contribution < -0.4 is 5.32 Å². The number of nitrogens with one attached hydrogen (secondary N) is 1. The Morgan fingerprint density at radius 3 is 2.44 bits per heavy atom. The molecule has 0 aliphatic rings. The minimum atomic E-state index is -0.530. The number of hydrogen-bond acceptors (Lipinski definition) is 5. The summed E-state index contributed by atoms with van der Waals surface area (Å²) >= 11 is 0. The third-order valence-corrected chi connectivity index (χ3v) is 1.81. The van der Waals surface area contributed by atoms with Crippen LogP contribution in [0.5, 0.6) is 0 Å². The fourth-order valence-electron chi connectivity index (χ4n) is 1.23. The van der Waals surface area contributed by atoms with Crippen LogP contribution in [0.15, 0.2) is 12.4 Å². The zero-order chi connectivity index (χ0) is 13.8. The van der Waals surface area contributed by atoms with Crippen LogP contribution in [0.4, 0.5) is 10.6 Å². The lowest BCUT2D eigenvalue weighted by Crippen LogP contribution is -2.27. The number of ether oxygens (including phenoxy) is 1. The van der Waals surface area contributed by atoms with Crippen molar-refractivity contribution in [2.75, 3.05) is 19.4 Å². The highest BCUT2D eigenvalue weighted by molar-refractivity contribution is 5.83. The Balaban J connectivity index is 2.56. The van der Waals surface area contributed by atoms with Crippen LogP contribution in [-0.4, -0.2) is 40.7 Å². The maximum atomic E-state index is 11.5. The minimum Gasteiger partial charge on any atom is -0.444 e. The van der Waals surface area contributed by atoms with Crippen molar-refractivity contribution >= 4 is 11.9 Å². The average molecular weight is 252 g/mol. The molecule has 18 heavy (non-hydrogen) atoms. The van der Waals surface area contributed by atoms with E-state index in [1.807, 2.05) is 19.0 Å². The van der Waals surface area contributed by atoms with E-state index in [1.54, 1.807) is 27.0 Å². The largest absolute Gasteiger partial charge is 0.444 e. The van der Waals surface area contributed by atoms with Gasteiger partial charge in [0.25, 0.3) is 0 Å². The molecule has 1 aromatic rings. The van der Waals surface area contributed by atoms with E-state index in [2.05, 4.69) is 15.3 Å². The van der Waals surface area contributed by atoms with Gasteiger partial charge in [0.1, 0.15) is 5.60 Å². The van der Waals surface area contributed by atoms with Gasteiger partial charge in [0.15, 0.2) is 5.82 Å². The molecular formula is C12H20N4O2. The summed E-state index contributed by atoms with van der Waals surface area (Å²) < 4.78 is 5.11. The van der Waals surface area contributed by atoms with Gasteiger partial charge in [-0.25, -0.2) is 9.78 Å². The summed E-state index contributed by atoms with van der Waals surface area (Å²) in [6, 6.07) is 0. The Morgan fingerprint density at radius 2 is 2.00 bits per heavy atom. The lowest BCUT2D eigenvalue weighted by molar-refractivity contribution is 0.0635. The van der Waals surface area contributed by atoms with Gasteiger partial charge in [-0.1, -0.05) is 0 Å². The van der Waals surface area contributed by atoms with Gasteiger partial charge in [0, 0.05) is 6.54 Å². The summed E-state index contributed by atoms with van der Waals surface area (Å²) in [5.41, 5.74) is 0.317. The lowest BCUT2D eigenvalue weighted by Gasteiger charge is -2.19. The van der Waals surface area contributed by atoms with Crippen molar-refractivity contribution in [1.82, 2.24) is 14.9 Å². The molecular weight excluding hydrogens is 232 g/mol. The molecule has 0 bridgehead atoms. The molecule has 0 aliphatic carbocycles. The van der Waals surface area contributed by atoms with Crippen LogP contribution >= 0.6 is 0 Å². The second-order valence-corrected chi connectivity index (χ2v) is 5.26. The topological polar surface area (TPSA) is 67.4 Å². The predicted octanol–water partition coefficient (Wildman–Crippen LogP) is 1.89. The molecule has 1 heterocycles. The van der Waals surface area contributed by atoms with Crippen molar-refractivity contribution in [2.24, 2.45) is 0 Å². The number of nitrogens with zero attached hydrogens (tertiary/aromatic N) is 3. The molecule has 6 nitrogen and oxygen atoms in total. The molecule has 0 atom stereocenters. The van der Waals surface area contributed by atoms with Gasteiger partial charge < -0.3 is 9.64 Å². The number of carbonyl (C=O) groups excluding carboxylic acids is 1. The molecule has 0 radical (unpaired) electrons. The van der Waals surface area contributed by atoms with E-state index in [0.717, 1.165) is 5.69 Å². The first-order valence-electron chi connectivity index (χ1n) is 5.72. The number of amides is 1. The number of anilines is 1. The summed E-state index contributed by atoms with van der Waals surface area (Å²) in [7, 11) is 3.91. The van der Waals surface area contributed by atoms with Gasteiger partial charge in [-0.2, -0.15) is 0 Å². The van der Waals surface area contributed by atoms with Crippen molar-refractivity contribution in [3.8, 4) is 0 Å². The average Bonchev–Trinajstić information content (AvgIpc) is 2.17. The zero-order valence-corrected chi connectivity index (χ0v) is 11.5. The molecule has 0 spiro atoms. The molecule has 0 saturated heterocycles. The van der Waals surface area contributed by atoms with Crippen molar-refractivity contribution < 1.29 is 9.53 Å². The SMILES string of the molecule is CN(C)Cc1cnc(NC(=O)OC(C)(C)C)cn1. The molecule has 1 aromatic heterocycles. The molecule has 100 valence electrons. The third kappa shape index (κ3) is 5.58. The third-order valence-electron chi connectivity index (χ3n) is 1.81. The molecule has 1 N–H and O–H groups in total. The molecule has 0 aliphatic heterocycles. The van der Waals surface area contributed by atoms with Gasteiger partial charge in [0.2, 0.25) is 0 Å². The standard InChI is InChI=1S/C12H20N4O2/c1-12(2,3)18-11(17)15-10-7-13-9(6-14-10)8-16(4)5/h6-7H,8H2,1-5H3,(H,14,15,17). The van der Waals surface area contributed by atoms with Crippen LogP contribution in [0.2, 0.25) is 0 Å². The maximum Gasteiger partial charge on any atom is 0.413 e. The quantitative estimate of drug-likeness (QED) is 0.889. The fourth-order valence-corrected chi connectivity index (χ4v) is 1.23. The summed E-state index contributed by atoms with van der Waals surface area (Å²) in [4.78, 5) is 21.8. The highest BCUT2D eigenvalue weighted by Gasteiger charge is 2.16. The molecule has 1 rings (SSSR count). The first kappa shape index (κ1) is 14.4. The number of rotatable bonds is 3. The monoisotopic (exact) mass is 252 g/mol. The Kier molecular flexibility index (Phi) is 4.61. The lowest BCUT2D eigenvalue weighted by atomic mass is 10.2. The minimum absolute atomic E-state index is 0.381. The van der Waals surface area contributed by atoms with E-state index >= 15 is 0 Å². The summed E-state index contributed by atoms with van der Waals surface area (Å²) in [6.45, 7) is 6.12. The maximum absolute atomic E-state index is 11.5. The molecule has 0 unspecified atom stereocenters. The van der Waals surface area contributed by atoms with Gasteiger partial charge in [0.05, 0.1) is 18.1 Å². The van der Waals surface area contributed by atoms with Crippen molar-refractivity contribution in [3.63, 3.8) is 0 Å². The Hall–Kier alpha value is -1.69. The van der Waals surface area contributed by atoms with Gasteiger partial charge in [-0.05, 0) is 34.9 Å². The van der Waals surface area contributed by atoms with Crippen molar-refractivity contribution in [1.29, 1.82) is 0 Å². The first-order valence-corrected chi connectivity index (χ1v) is 5.72. The van der Waals surface area contributed by atoms with E-state index in [-0.39, 0.29) is 0 Å². The van der Waals surface area contributed by atoms with Crippen LogP contribution in [0.3, 0.4) is 0 Å². The first-order chi connectivity index (χ1) is 8.26. The van der Waals surface area contributed by atoms with Crippen molar-refractivity contribution in [2.45, 2.75) is 32.9 Å². The molecule has 6 heteroatoms. The summed E-state index contributed by atoms with van der Waals surface area (Å²) in [5, 5.41) is 2.53. The molecule has 0 saturated carbocycles. The van der Waals surface area contributed by atoms with Crippen molar-refractivity contribution in [3.05, 3.63) is 18.1 Å². The molecule has 1 amide bonds. The number of aromatic nitrogens is 2. The van der Waals surface area contributed by atoms with Crippen LogP contribution in [0, 0.1) is 0 Å². The smallest absolute Gasteiger partial charge is 0.413 e. The second-order valence-electron chi connectivity index (χ2n) is 5.26. The second kappa shape index (κ2) is 5.77. The summed E-state index contributed by atoms with van der Waals surface area (Å²) in [6.07, 6.45) is 2.62. The summed E-state index contributed by atoms with van der Waals surface area (Å²) in [5.74, 6) is 0.381. The Morgan fingerprint density at radius 1 is 1.33 bits per heavy atom. The van der Waals surface area contributed by atoms with E-state index in [0.29, 0.717) is 12.4 Å². The van der Waals surface area contributed by atoms with Crippen LogP contribution in [-0.2, 0) is 11.3 Å². The zero-order valence-electron chi connectivity index (χ0n) is 11.5. The van der Waals surface area contributed by atoms with Crippen LogP contribution in [0.25, 0.3) is 0 Å². The Bertz CT molecular complexity index is 396. The highest BCUT2D eigenvalue weighted by Crippen LogP contribution is 2.09. The van der Waals surface area contributed by atoms with Gasteiger partial charge in [-0.3, -0.25) is 10.3 Å². The van der Waals surface area contributed by atoms with E-state index in [1.165, 1.54) is 6.20 Å². The van der Waals surface area contributed by atoms with Gasteiger partial charge >= 0.3 is 6.09 Å². The fraction of sp³-hybridized carbons (Fsp3) is 0.583. The number of hydrogen-bond donors (Lipinski definition) is 1. The van der Waals surface area contributed by atoms with E-state index in [9.17, 15) is 4.79 Å².